The molecule has 10 heteroatoms. The number of hydrogen-bond acceptors (Lipinski definition) is 5. The van der Waals surface area contributed by atoms with Crippen LogP contribution in [0, 0.1) is 6.92 Å². The van der Waals surface area contributed by atoms with Crippen molar-refractivity contribution in [2.45, 2.75) is 65.0 Å². The molecule has 0 unspecified atom stereocenters. The second kappa shape index (κ2) is 10.0. The second-order valence-electron chi connectivity index (χ2n) is 10.6. The van der Waals surface area contributed by atoms with E-state index in [0.29, 0.717) is 31.2 Å². The van der Waals surface area contributed by atoms with E-state index >= 15 is 0 Å². The fourth-order valence-electron chi connectivity index (χ4n) is 6.19. The number of nitrogens with zero attached hydrogens (tertiary/aromatic N) is 6. The minimum absolute atomic E-state index is 0.0229. The molecule has 2 aromatic heterocycles. The molecule has 0 spiro atoms. The van der Waals surface area contributed by atoms with Crippen LogP contribution in [0.5, 0.6) is 0 Å². The number of alkyl halides is 2. The molecule has 0 saturated carbocycles. The van der Waals surface area contributed by atoms with Crippen molar-refractivity contribution in [2.75, 3.05) is 29.5 Å². The smallest absolute Gasteiger partial charge is 0.264 e. The Morgan fingerprint density at radius 2 is 1.92 bits per heavy atom. The molecule has 0 N–H and O–H groups in total. The van der Waals surface area contributed by atoms with Gasteiger partial charge in [-0.2, -0.15) is 22.0 Å². The standard InChI is InChI=1S/C28H34F2N6OS/c1-17-23(15-31-33(17)3)21-13-19-5-4-9-35(26(19)14-22(21)27(29)30)28-24-16-34(18(2)37)10-6-25(24)36(32-28)20-7-11-38-12-8-20/h13-15,20,27H,4-12,16H2,1-3H3. The van der Waals surface area contributed by atoms with E-state index in [9.17, 15) is 13.6 Å². The number of hydrogen-bond donors (Lipinski definition) is 0. The van der Waals surface area contributed by atoms with Gasteiger partial charge < -0.3 is 9.80 Å². The highest BCUT2D eigenvalue weighted by Gasteiger charge is 2.34. The maximum Gasteiger partial charge on any atom is 0.264 e. The molecule has 0 atom stereocenters. The number of halogens is 2. The van der Waals surface area contributed by atoms with Crippen LogP contribution >= 0.6 is 11.8 Å². The molecule has 1 aromatic carbocycles. The van der Waals surface area contributed by atoms with Gasteiger partial charge in [0.15, 0.2) is 5.82 Å². The summed E-state index contributed by atoms with van der Waals surface area (Å²) < 4.78 is 32.9. The summed E-state index contributed by atoms with van der Waals surface area (Å²) in [7, 11) is 1.83. The van der Waals surface area contributed by atoms with E-state index in [1.54, 1.807) is 23.9 Å². The molecular formula is C28H34F2N6OS. The molecule has 3 aromatic rings. The Hall–Kier alpha value is -2.88. The van der Waals surface area contributed by atoms with Crippen molar-refractivity contribution in [1.82, 2.24) is 24.5 Å². The van der Waals surface area contributed by atoms with Crippen LogP contribution in [0.2, 0.25) is 0 Å². The molecule has 202 valence electrons. The Balaban J connectivity index is 1.48. The number of carbonyl (C=O) groups excluding carboxylic acids is 1. The van der Waals surface area contributed by atoms with Gasteiger partial charge >= 0.3 is 0 Å². The van der Waals surface area contributed by atoms with Crippen LogP contribution < -0.4 is 4.90 Å². The Morgan fingerprint density at radius 3 is 2.61 bits per heavy atom. The molecule has 3 aliphatic rings. The van der Waals surface area contributed by atoms with Crippen LogP contribution in [0.4, 0.5) is 20.3 Å². The third-order valence-electron chi connectivity index (χ3n) is 8.43. The van der Waals surface area contributed by atoms with Crippen LogP contribution in [-0.2, 0) is 31.2 Å². The number of fused-ring (bicyclic) bond motifs is 2. The van der Waals surface area contributed by atoms with Gasteiger partial charge in [-0.1, -0.05) is 0 Å². The van der Waals surface area contributed by atoms with Gasteiger partial charge in [0, 0.05) is 67.2 Å². The summed E-state index contributed by atoms with van der Waals surface area (Å²) in [4.78, 5) is 16.3. The van der Waals surface area contributed by atoms with E-state index in [0.717, 1.165) is 77.5 Å². The first kappa shape index (κ1) is 25.4. The van der Waals surface area contributed by atoms with Crippen molar-refractivity contribution >= 4 is 29.2 Å². The van der Waals surface area contributed by atoms with Crippen LogP contribution in [0.25, 0.3) is 11.1 Å². The Bertz CT molecular complexity index is 1380. The zero-order valence-corrected chi connectivity index (χ0v) is 23.0. The van der Waals surface area contributed by atoms with E-state index in [-0.39, 0.29) is 11.5 Å². The van der Waals surface area contributed by atoms with Crippen LogP contribution in [-0.4, -0.2) is 55.0 Å². The predicted molar refractivity (Wildman–Crippen MR) is 146 cm³/mol. The Kier molecular flexibility index (Phi) is 6.70. The molecular weight excluding hydrogens is 506 g/mol. The highest BCUT2D eigenvalue weighted by Crippen LogP contribution is 2.44. The average Bonchev–Trinajstić information content (AvgIpc) is 3.47. The number of thioether (sulfide) groups is 1. The number of amides is 1. The van der Waals surface area contributed by atoms with Crippen molar-refractivity contribution in [3.63, 3.8) is 0 Å². The minimum atomic E-state index is -2.61. The SMILES string of the molecule is CC(=O)N1CCc2c(c(N3CCCc4cc(-c5cnn(C)c5C)c(C(F)F)cc43)nn2C2CCSCC2)C1. The molecule has 5 heterocycles. The summed E-state index contributed by atoms with van der Waals surface area (Å²) in [5.41, 5.74) is 6.33. The van der Waals surface area contributed by atoms with Gasteiger partial charge in [0.25, 0.3) is 6.43 Å². The van der Waals surface area contributed by atoms with Gasteiger partial charge in [0.05, 0.1) is 18.8 Å². The van der Waals surface area contributed by atoms with Gasteiger partial charge in [-0.05, 0) is 67.4 Å². The lowest BCUT2D eigenvalue weighted by Crippen LogP contribution is -2.36. The van der Waals surface area contributed by atoms with Gasteiger partial charge in [-0.25, -0.2) is 8.78 Å². The number of benzene rings is 1. The zero-order valence-electron chi connectivity index (χ0n) is 22.2. The first-order chi connectivity index (χ1) is 18.3. The monoisotopic (exact) mass is 540 g/mol. The summed E-state index contributed by atoms with van der Waals surface area (Å²) >= 11 is 1.99. The summed E-state index contributed by atoms with van der Waals surface area (Å²) in [6.07, 6.45) is 3.73. The predicted octanol–water partition coefficient (Wildman–Crippen LogP) is 5.59. The Labute approximate surface area is 226 Å². The average molecular weight is 541 g/mol. The van der Waals surface area contributed by atoms with Crippen molar-refractivity contribution in [3.8, 4) is 11.1 Å². The van der Waals surface area contributed by atoms with Gasteiger partial charge in [0.2, 0.25) is 5.91 Å². The third kappa shape index (κ3) is 4.30. The first-order valence-corrected chi connectivity index (χ1v) is 14.6. The highest BCUT2D eigenvalue weighted by molar-refractivity contribution is 7.99. The molecule has 7 nitrogen and oxygen atoms in total. The second-order valence-corrected chi connectivity index (χ2v) is 11.8. The van der Waals surface area contributed by atoms with E-state index in [2.05, 4.69) is 14.7 Å². The van der Waals surface area contributed by atoms with Gasteiger partial charge in [-0.3, -0.25) is 14.2 Å². The number of aryl methyl sites for hydroxylation is 2. The number of rotatable bonds is 4. The van der Waals surface area contributed by atoms with Gasteiger partial charge in [-0.15, -0.1) is 0 Å². The lowest BCUT2D eigenvalue weighted by atomic mass is 9.92. The lowest BCUT2D eigenvalue weighted by Gasteiger charge is -2.33. The fraction of sp³-hybridized carbons (Fsp3) is 0.536. The molecule has 38 heavy (non-hydrogen) atoms. The fourth-order valence-corrected chi connectivity index (χ4v) is 7.27. The molecule has 3 aliphatic heterocycles. The van der Waals surface area contributed by atoms with Crippen molar-refractivity contribution in [3.05, 3.63) is 46.4 Å². The topological polar surface area (TPSA) is 59.2 Å². The van der Waals surface area contributed by atoms with E-state index in [1.165, 1.54) is 5.69 Å². The maximum atomic E-state index is 14.5. The molecule has 1 fully saturated rings. The molecule has 0 aliphatic carbocycles. The third-order valence-corrected chi connectivity index (χ3v) is 9.48. The molecule has 0 bridgehead atoms. The first-order valence-electron chi connectivity index (χ1n) is 13.5. The molecule has 0 radical (unpaired) electrons. The number of anilines is 2. The summed E-state index contributed by atoms with van der Waals surface area (Å²) in [6, 6.07) is 3.96. The zero-order chi connectivity index (χ0) is 26.6. The van der Waals surface area contributed by atoms with Crippen LogP contribution in [0.1, 0.15) is 66.7 Å². The summed E-state index contributed by atoms with van der Waals surface area (Å²) in [5.74, 6) is 3.12. The number of aromatic nitrogens is 4. The van der Waals surface area contributed by atoms with E-state index < -0.39 is 6.43 Å². The minimum Gasteiger partial charge on any atom is -0.338 e. The van der Waals surface area contributed by atoms with Crippen molar-refractivity contribution in [1.29, 1.82) is 0 Å². The largest absolute Gasteiger partial charge is 0.338 e. The molecule has 6 rings (SSSR count). The Morgan fingerprint density at radius 1 is 1.13 bits per heavy atom. The van der Waals surface area contributed by atoms with Crippen LogP contribution in [0.3, 0.4) is 0 Å². The van der Waals surface area contributed by atoms with Crippen LogP contribution in [0.15, 0.2) is 18.3 Å². The van der Waals surface area contributed by atoms with Crippen molar-refractivity contribution < 1.29 is 13.6 Å². The summed E-state index contributed by atoms with van der Waals surface area (Å²) in [5, 5.41) is 9.50. The van der Waals surface area contributed by atoms with E-state index in [4.69, 9.17) is 5.10 Å². The maximum absolute atomic E-state index is 14.5. The molecule has 1 amide bonds. The quantitative estimate of drug-likeness (QED) is 0.432. The highest BCUT2D eigenvalue weighted by atomic mass is 32.2. The van der Waals surface area contributed by atoms with Crippen molar-refractivity contribution in [2.24, 2.45) is 7.05 Å². The van der Waals surface area contributed by atoms with Gasteiger partial charge in [0.1, 0.15) is 0 Å². The lowest BCUT2D eigenvalue weighted by molar-refractivity contribution is -0.129. The summed E-state index contributed by atoms with van der Waals surface area (Å²) in [6.45, 7) is 5.44. The number of carbonyl (C=O) groups is 1. The normalized spacial score (nSPS) is 18.2. The van der Waals surface area contributed by atoms with E-state index in [1.807, 2.05) is 36.7 Å². The molecule has 1 saturated heterocycles.